The zero-order valence-corrected chi connectivity index (χ0v) is 40.2. The number of cyclic esters (lactones) is 1. The highest BCUT2D eigenvalue weighted by molar-refractivity contribution is 7.15. The number of thiazole rings is 1. The van der Waals surface area contributed by atoms with Crippen molar-refractivity contribution < 1.29 is 52.2 Å². The normalized spacial score (nSPS) is 39.1. The molecule has 6 aliphatic rings. The third kappa shape index (κ3) is 9.44. The van der Waals surface area contributed by atoms with E-state index in [0.717, 1.165) is 53.5 Å². The molecule has 64 heavy (non-hydrogen) atoms. The van der Waals surface area contributed by atoms with E-state index in [9.17, 15) is 4.79 Å². The van der Waals surface area contributed by atoms with Gasteiger partial charge in [-0.2, -0.15) is 0 Å². The van der Waals surface area contributed by atoms with E-state index >= 15 is 4.79 Å². The topological polar surface area (TPSA) is 145 Å². The number of ether oxygens (including phenoxy) is 9. The van der Waals surface area contributed by atoms with Crippen LogP contribution < -0.4 is 10.1 Å². The smallest absolute Gasteiger partial charge is 0.306 e. The number of anilines is 2. The fraction of sp³-hybridized carbons (Fsp3) is 0.735. The van der Waals surface area contributed by atoms with Gasteiger partial charge in [0.05, 0.1) is 49.3 Å². The van der Waals surface area contributed by atoms with Crippen molar-refractivity contribution in [3.05, 3.63) is 46.5 Å². The number of methoxy groups -OCH3 is 4. The van der Waals surface area contributed by atoms with Gasteiger partial charge in [0.1, 0.15) is 30.2 Å². The van der Waals surface area contributed by atoms with E-state index in [1.54, 1.807) is 39.8 Å². The number of carbonyl (C=O) groups is 2. The highest BCUT2D eigenvalue weighted by atomic mass is 32.1. The lowest BCUT2D eigenvalue weighted by Gasteiger charge is -2.44. The van der Waals surface area contributed by atoms with Crippen LogP contribution in [0.2, 0.25) is 0 Å². The number of carbonyl (C=O) groups excluding carboxylic acids is 2. The summed E-state index contributed by atoms with van der Waals surface area (Å²) in [5.74, 6) is -0.499. The summed E-state index contributed by atoms with van der Waals surface area (Å²) < 4.78 is 56.3. The average Bonchev–Trinajstić information content (AvgIpc) is 4.00. The molecule has 1 saturated carbocycles. The maximum absolute atomic E-state index is 15.3. The van der Waals surface area contributed by atoms with Crippen molar-refractivity contribution in [3.63, 3.8) is 0 Å². The second kappa shape index (κ2) is 20.5. The lowest BCUT2D eigenvalue weighted by molar-refractivity contribution is -0.314. The number of benzene rings is 1. The van der Waals surface area contributed by atoms with E-state index < -0.39 is 30.5 Å². The zero-order valence-electron chi connectivity index (χ0n) is 39.4. The van der Waals surface area contributed by atoms with Crippen LogP contribution in [0.1, 0.15) is 108 Å². The molecule has 5 unspecified atom stereocenters. The number of para-hydroxylation sites is 2. The van der Waals surface area contributed by atoms with Crippen LogP contribution >= 0.6 is 11.3 Å². The van der Waals surface area contributed by atoms with Gasteiger partial charge in [-0.3, -0.25) is 9.59 Å². The van der Waals surface area contributed by atoms with Crippen molar-refractivity contribution >= 4 is 33.9 Å². The Labute approximate surface area is 383 Å². The molecule has 3 saturated heterocycles. The number of hydrogen-bond donors (Lipinski definition) is 1. The maximum Gasteiger partial charge on any atom is 0.306 e. The summed E-state index contributed by atoms with van der Waals surface area (Å²) in [5, 5.41) is 4.29. The minimum absolute atomic E-state index is 0.00102. The average molecular weight is 910 g/mol. The maximum atomic E-state index is 15.3. The molecule has 1 N–H and O–H groups in total. The number of nitrogens with one attached hydrogen (secondary N) is 1. The Balaban J connectivity index is 1.14. The van der Waals surface area contributed by atoms with Gasteiger partial charge in [0.15, 0.2) is 23.5 Å². The third-order valence-electron chi connectivity index (χ3n) is 15.2. The van der Waals surface area contributed by atoms with E-state index in [-0.39, 0.29) is 84.6 Å². The van der Waals surface area contributed by atoms with E-state index in [4.69, 9.17) is 47.6 Å². The summed E-state index contributed by atoms with van der Waals surface area (Å²) in [7, 11) is 10.8. The standard InChI is InChI=1S/C49H71N3O11S/c1-11-28-15-14-18-37(63-40-20-19-36(52(5)6)26(3)59-40)25(2)43(54)33-23-31-30-21-29(62-48-46(58-10)45(57-9)44(56-8)27(4)60-48)22-34(30)47-42(41(31)32(33)24-39(53)61-28)51-49(64-47)50-35-16-12-13-17-38(35)55-7/h12-13,16-17,23,25-32,34,36-37,40-41,44-46,48H,11,14-15,18-22,24H2,1-10H3,(H,50,51)/t25-,26?,27?,28+,29+,30+,31+,32-,34?,36+,37+,40+,41?,44+,45?,46+,48+/m1/s1. The predicted octanol–water partition coefficient (Wildman–Crippen LogP) is 7.77. The number of allylic oxidation sites excluding steroid dienone is 2. The summed E-state index contributed by atoms with van der Waals surface area (Å²) in [6.07, 6.45) is 4.98. The number of rotatable bonds is 12. The van der Waals surface area contributed by atoms with Gasteiger partial charge in [-0.15, -0.1) is 11.3 Å². The molecule has 1 aromatic heterocycles. The summed E-state index contributed by atoms with van der Waals surface area (Å²) in [5.41, 5.74) is 2.43. The Morgan fingerprint density at radius 2 is 1.64 bits per heavy atom. The van der Waals surface area contributed by atoms with Gasteiger partial charge >= 0.3 is 5.97 Å². The van der Waals surface area contributed by atoms with Crippen LogP contribution in [0, 0.1) is 23.7 Å². The molecule has 4 heterocycles. The Kier molecular flexibility index (Phi) is 15.2. The molecule has 1 aromatic carbocycles. The van der Waals surface area contributed by atoms with Crippen molar-refractivity contribution in [2.75, 3.05) is 47.9 Å². The van der Waals surface area contributed by atoms with Crippen LogP contribution in [0.3, 0.4) is 0 Å². The van der Waals surface area contributed by atoms with Crippen LogP contribution in [0.15, 0.2) is 35.9 Å². The van der Waals surface area contributed by atoms with Gasteiger partial charge in [0, 0.05) is 55.9 Å². The molecule has 3 aliphatic heterocycles. The molecule has 0 radical (unpaired) electrons. The molecule has 3 aliphatic carbocycles. The molecular formula is C49H71N3O11S. The fourth-order valence-corrected chi connectivity index (χ4v) is 13.2. The minimum Gasteiger partial charge on any atom is -0.495 e. The van der Waals surface area contributed by atoms with Crippen molar-refractivity contribution in [1.82, 2.24) is 9.88 Å². The van der Waals surface area contributed by atoms with Crippen LogP contribution in [0.5, 0.6) is 5.75 Å². The molecule has 0 bridgehead atoms. The number of hydrogen-bond acceptors (Lipinski definition) is 15. The second-order valence-electron chi connectivity index (χ2n) is 19.1. The van der Waals surface area contributed by atoms with E-state index in [1.807, 2.05) is 38.1 Å². The number of likely N-dealkylation sites (N-methyl/N-ethyl adjacent to an activating group) is 1. The van der Waals surface area contributed by atoms with Crippen molar-refractivity contribution in [2.45, 2.75) is 165 Å². The quantitative estimate of drug-likeness (QED) is 0.207. The fourth-order valence-electron chi connectivity index (χ4n) is 12.0. The predicted molar refractivity (Wildman–Crippen MR) is 242 cm³/mol. The summed E-state index contributed by atoms with van der Waals surface area (Å²) in [6, 6.07) is 8.10. The molecule has 8 rings (SSSR count). The van der Waals surface area contributed by atoms with Crippen LogP contribution in [-0.2, 0) is 47.5 Å². The van der Waals surface area contributed by atoms with E-state index in [1.165, 1.54) is 0 Å². The number of fused-ring (bicyclic) bond motifs is 8. The molecule has 15 heteroatoms. The highest BCUT2D eigenvalue weighted by Gasteiger charge is 2.57. The lowest BCUT2D eigenvalue weighted by atomic mass is 9.67. The molecule has 2 aromatic rings. The lowest BCUT2D eigenvalue weighted by Crippen LogP contribution is -2.59. The number of ketones is 1. The first-order valence-corrected chi connectivity index (χ1v) is 24.4. The monoisotopic (exact) mass is 909 g/mol. The largest absolute Gasteiger partial charge is 0.495 e. The summed E-state index contributed by atoms with van der Waals surface area (Å²) in [6.45, 7) is 8.15. The number of Topliss-reactive ketones (excluding diaryl/α,β-unsaturated/α-hetero) is 1. The molecule has 4 fully saturated rings. The SMILES string of the molecule is CC[C@H]1CCC[C@H](O[C@H]2CC[C@H](N(C)C)C(C)O2)[C@@H](C)C(=O)C2=C[C@@H]3C(c4nc(Nc5ccccc5OC)sc4C4C[C@@H](O[C@@H]5OC(C)[C@H](OC)C(OC)[C@@H]5OC)C[C@H]43)[C@@H]2CC(=O)O1. The van der Waals surface area contributed by atoms with Gasteiger partial charge in [0.25, 0.3) is 0 Å². The van der Waals surface area contributed by atoms with Crippen LogP contribution in [0.25, 0.3) is 0 Å². The molecule has 0 spiro atoms. The van der Waals surface area contributed by atoms with E-state index in [0.29, 0.717) is 36.6 Å². The van der Waals surface area contributed by atoms with Gasteiger partial charge in [0.2, 0.25) is 0 Å². The van der Waals surface area contributed by atoms with E-state index in [2.05, 4.69) is 44.2 Å². The van der Waals surface area contributed by atoms with Gasteiger partial charge in [-0.1, -0.05) is 32.1 Å². The molecule has 354 valence electrons. The summed E-state index contributed by atoms with van der Waals surface area (Å²) >= 11 is 1.64. The Morgan fingerprint density at radius 1 is 0.875 bits per heavy atom. The Hall–Kier alpha value is -2.99. The number of esters is 1. The minimum atomic E-state index is -0.677. The highest BCUT2D eigenvalue weighted by Crippen LogP contribution is 2.63. The first-order valence-electron chi connectivity index (χ1n) is 23.6. The van der Waals surface area contributed by atoms with Crippen LogP contribution in [-0.4, -0.2) is 132 Å². The zero-order chi connectivity index (χ0) is 45.4. The first kappa shape index (κ1) is 47.5. The molecule has 14 nitrogen and oxygen atoms in total. The molecule has 17 atom stereocenters. The van der Waals surface area contributed by atoms with Crippen molar-refractivity contribution in [3.8, 4) is 5.75 Å². The molecule has 0 amide bonds. The second-order valence-corrected chi connectivity index (χ2v) is 20.1. The third-order valence-corrected chi connectivity index (χ3v) is 16.4. The van der Waals surface area contributed by atoms with Gasteiger partial charge < -0.3 is 52.8 Å². The van der Waals surface area contributed by atoms with Crippen LogP contribution in [0.4, 0.5) is 10.8 Å². The summed E-state index contributed by atoms with van der Waals surface area (Å²) in [4.78, 5) is 38.1. The number of nitrogens with zero attached hydrogens (tertiary/aromatic N) is 2. The number of aromatic nitrogens is 1. The molecular weight excluding hydrogens is 839 g/mol. The van der Waals surface area contributed by atoms with Gasteiger partial charge in [-0.05, 0) is 109 Å². The van der Waals surface area contributed by atoms with Gasteiger partial charge in [-0.25, -0.2) is 4.98 Å². The first-order chi connectivity index (χ1) is 30.9. The Morgan fingerprint density at radius 3 is 2.34 bits per heavy atom. The van der Waals surface area contributed by atoms with Crippen molar-refractivity contribution in [2.24, 2.45) is 23.7 Å². The Bertz CT molecular complexity index is 1960. The van der Waals surface area contributed by atoms with Crippen molar-refractivity contribution in [1.29, 1.82) is 0 Å².